The maximum Gasteiger partial charge on any atom is 0.232 e. The van der Waals surface area contributed by atoms with Crippen LogP contribution >= 0.6 is 11.5 Å². The van der Waals surface area contributed by atoms with E-state index in [9.17, 15) is 0 Å². The molecule has 2 aromatic heterocycles. The summed E-state index contributed by atoms with van der Waals surface area (Å²) >= 11 is 1.26. The molecule has 0 aliphatic rings. The molecule has 0 fully saturated rings. The lowest BCUT2D eigenvalue weighted by Crippen LogP contribution is -2.08. The molecule has 2 heterocycles. The van der Waals surface area contributed by atoms with Crippen LogP contribution in [-0.2, 0) is 0 Å². The summed E-state index contributed by atoms with van der Waals surface area (Å²) < 4.78 is 3.75. The number of nitrogens with zero attached hydrogens (tertiary/aromatic N) is 5. The first kappa shape index (κ1) is 10.2. The van der Waals surface area contributed by atoms with Crippen molar-refractivity contribution in [1.82, 2.24) is 24.8 Å². The molecule has 3 aromatic rings. The molecular formula is C10H10N6S. The zero-order valence-electron chi connectivity index (χ0n) is 9.38. The molecule has 1 N–H and O–H groups in total. The molecule has 86 valence electrons. The summed E-state index contributed by atoms with van der Waals surface area (Å²) in [6, 6.07) is 6.03. The molecule has 1 aromatic carbocycles. The first-order valence-electron chi connectivity index (χ1n) is 5.09. The van der Waals surface area contributed by atoms with E-state index in [2.05, 4.69) is 24.8 Å². The molecule has 7 heteroatoms. The number of hydrogen-bond donors (Lipinski definition) is 1. The van der Waals surface area contributed by atoms with Crippen LogP contribution in [0.4, 0.5) is 10.8 Å². The second-order valence-electron chi connectivity index (χ2n) is 3.73. The van der Waals surface area contributed by atoms with Crippen molar-refractivity contribution in [3.63, 3.8) is 0 Å². The monoisotopic (exact) mass is 246 g/mol. The summed E-state index contributed by atoms with van der Waals surface area (Å²) in [7, 11) is 1.94. The van der Waals surface area contributed by atoms with Crippen LogP contribution in [-0.4, -0.2) is 31.8 Å². The minimum Gasteiger partial charge on any atom is -0.342 e. The smallest absolute Gasteiger partial charge is 0.232 e. The molecule has 17 heavy (non-hydrogen) atoms. The minimum absolute atomic E-state index is 0.764. The molecule has 0 radical (unpaired) electrons. The third kappa shape index (κ3) is 1.74. The van der Waals surface area contributed by atoms with E-state index in [-0.39, 0.29) is 0 Å². The zero-order chi connectivity index (χ0) is 11.8. The normalized spacial score (nSPS) is 10.9. The van der Waals surface area contributed by atoms with Gasteiger partial charge < -0.3 is 9.88 Å². The van der Waals surface area contributed by atoms with Gasteiger partial charge in [-0.2, -0.15) is 0 Å². The van der Waals surface area contributed by atoms with Gasteiger partial charge in [0.25, 0.3) is 0 Å². The molecular weight excluding hydrogens is 236 g/mol. The van der Waals surface area contributed by atoms with Crippen LogP contribution in [0.1, 0.15) is 5.82 Å². The summed E-state index contributed by atoms with van der Waals surface area (Å²) in [4.78, 5) is 9.52. The molecule has 0 unspecified atom stereocenters. The summed E-state index contributed by atoms with van der Waals surface area (Å²) in [5.74, 6) is 0.914. The SMILES string of the molecule is Cc1nc2ccc(N(C)c3nnns3)cc2[nH]1. The Morgan fingerprint density at radius 3 is 3.00 bits per heavy atom. The molecule has 0 bridgehead atoms. The number of anilines is 2. The topological polar surface area (TPSA) is 70.6 Å². The molecule has 0 spiro atoms. The molecule has 0 amide bonds. The van der Waals surface area contributed by atoms with Gasteiger partial charge in [0.05, 0.1) is 11.0 Å². The number of rotatable bonds is 2. The van der Waals surface area contributed by atoms with Crippen molar-refractivity contribution in [2.75, 3.05) is 11.9 Å². The van der Waals surface area contributed by atoms with Crippen molar-refractivity contribution in [2.45, 2.75) is 6.92 Å². The highest BCUT2D eigenvalue weighted by Crippen LogP contribution is 2.26. The first-order chi connectivity index (χ1) is 8.24. The average Bonchev–Trinajstić information content (AvgIpc) is 2.94. The van der Waals surface area contributed by atoms with Crippen LogP contribution in [0.25, 0.3) is 11.0 Å². The Bertz CT molecular complexity index is 644. The van der Waals surface area contributed by atoms with Gasteiger partial charge in [0.2, 0.25) is 5.13 Å². The summed E-state index contributed by atoms with van der Waals surface area (Å²) in [6.07, 6.45) is 0. The second-order valence-corrected chi connectivity index (χ2v) is 4.44. The molecule has 0 atom stereocenters. The predicted molar refractivity (Wildman–Crippen MR) is 66.6 cm³/mol. The third-order valence-electron chi connectivity index (χ3n) is 2.55. The lowest BCUT2D eigenvalue weighted by atomic mass is 10.2. The number of imidazole rings is 1. The fourth-order valence-electron chi connectivity index (χ4n) is 1.70. The first-order valence-corrected chi connectivity index (χ1v) is 5.86. The lowest BCUT2D eigenvalue weighted by molar-refractivity contribution is 0.944. The van der Waals surface area contributed by atoms with Gasteiger partial charge >= 0.3 is 0 Å². The highest BCUT2D eigenvalue weighted by molar-refractivity contribution is 7.09. The maximum atomic E-state index is 4.36. The summed E-state index contributed by atoms with van der Waals surface area (Å²) in [6.45, 7) is 1.94. The van der Waals surface area contributed by atoms with E-state index in [1.54, 1.807) is 0 Å². The van der Waals surface area contributed by atoms with Crippen LogP contribution in [0.3, 0.4) is 0 Å². The van der Waals surface area contributed by atoms with E-state index in [0.29, 0.717) is 0 Å². The Balaban J connectivity index is 2.05. The summed E-state index contributed by atoms with van der Waals surface area (Å²) in [5.41, 5.74) is 3.01. The number of fused-ring (bicyclic) bond motifs is 1. The molecule has 6 nitrogen and oxygen atoms in total. The fourth-order valence-corrected chi connectivity index (χ4v) is 2.15. The molecule has 0 aliphatic carbocycles. The van der Waals surface area contributed by atoms with Gasteiger partial charge in [-0.3, -0.25) is 0 Å². The van der Waals surface area contributed by atoms with Gasteiger partial charge in [-0.25, -0.2) is 4.98 Å². The van der Waals surface area contributed by atoms with Crippen molar-refractivity contribution < 1.29 is 0 Å². The minimum atomic E-state index is 0.764. The van der Waals surface area contributed by atoms with E-state index >= 15 is 0 Å². The van der Waals surface area contributed by atoms with Gasteiger partial charge in [-0.15, -0.1) is 0 Å². The Hall–Kier alpha value is -2.02. The Labute approximate surface area is 101 Å². The largest absolute Gasteiger partial charge is 0.342 e. The molecule has 0 saturated heterocycles. The number of aromatic amines is 1. The van der Waals surface area contributed by atoms with E-state index in [1.807, 2.05) is 37.1 Å². The lowest BCUT2D eigenvalue weighted by Gasteiger charge is -2.14. The van der Waals surface area contributed by atoms with Gasteiger partial charge in [-0.1, -0.05) is 9.59 Å². The van der Waals surface area contributed by atoms with Crippen LogP contribution in [0.2, 0.25) is 0 Å². The fraction of sp³-hybridized carbons (Fsp3) is 0.200. The third-order valence-corrected chi connectivity index (χ3v) is 3.22. The Kier molecular flexibility index (Phi) is 2.25. The maximum absolute atomic E-state index is 4.36. The molecule has 3 rings (SSSR count). The number of H-pyrrole nitrogens is 1. The Morgan fingerprint density at radius 2 is 2.24 bits per heavy atom. The number of aryl methyl sites for hydroxylation is 1. The van der Waals surface area contributed by atoms with E-state index < -0.39 is 0 Å². The van der Waals surface area contributed by atoms with E-state index in [1.165, 1.54) is 11.5 Å². The zero-order valence-corrected chi connectivity index (χ0v) is 10.2. The quantitative estimate of drug-likeness (QED) is 0.747. The predicted octanol–water partition coefficient (Wildman–Crippen LogP) is 1.89. The highest BCUT2D eigenvalue weighted by Gasteiger charge is 2.09. The van der Waals surface area contributed by atoms with Gasteiger partial charge in [-0.05, 0) is 30.3 Å². The standard InChI is InChI=1S/C10H10N6S/c1-6-11-8-4-3-7(5-9(8)12-6)16(2)10-13-14-15-17-10/h3-5H,1-2H3,(H,11,12). The molecule has 0 aliphatic heterocycles. The van der Waals surface area contributed by atoms with Crippen LogP contribution in [0.15, 0.2) is 18.2 Å². The average molecular weight is 246 g/mol. The van der Waals surface area contributed by atoms with Crippen LogP contribution in [0, 0.1) is 6.92 Å². The van der Waals surface area contributed by atoms with Gasteiger partial charge in [0.15, 0.2) is 0 Å². The number of nitrogens with one attached hydrogen (secondary N) is 1. The van der Waals surface area contributed by atoms with Crippen LogP contribution in [0.5, 0.6) is 0 Å². The van der Waals surface area contributed by atoms with Crippen molar-refractivity contribution in [3.05, 3.63) is 24.0 Å². The number of hydrogen-bond acceptors (Lipinski definition) is 6. The summed E-state index contributed by atoms with van der Waals surface area (Å²) in [5, 5.41) is 8.29. The second kappa shape index (κ2) is 3.77. The van der Waals surface area contributed by atoms with Crippen molar-refractivity contribution >= 4 is 33.4 Å². The highest BCUT2D eigenvalue weighted by atomic mass is 32.1. The van der Waals surface area contributed by atoms with E-state index in [0.717, 1.165) is 27.7 Å². The van der Waals surface area contributed by atoms with E-state index in [4.69, 9.17) is 0 Å². The Morgan fingerprint density at radius 1 is 1.35 bits per heavy atom. The van der Waals surface area contributed by atoms with Gasteiger partial charge in [0, 0.05) is 24.3 Å². The number of aromatic nitrogens is 5. The number of benzene rings is 1. The van der Waals surface area contributed by atoms with Crippen molar-refractivity contribution in [1.29, 1.82) is 0 Å². The van der Waals surface area contributed by atoms with Crippen LogP contribution < -0.4 is 4.90 Å². The van der Waals surface area contributed by atoms with Crippen molar-refractivity contribution in [3.8, 4) is 0 Å². The van der Waals surface area contributed by atoms with Gasteiger partial charge in [0.1, 0.15) is 5.82 Å². The molecule has 0 saturated carbocycles. The van der Waals surface area contributed by atoms with Crippen molar-refractivity contribution in [2.24, 2.45) is 0 Å².